The number of nitrogens with one attached hydrogen (secondary N) is 2. The summed E-state index contributed by atoms with van der Waals surface area (Å²) >= 11 is 0. The lowest BCUT2D eigenvalue weighted by molar-refractivity contribution is -0.194. The summed E-state index contributed by atoms with van der Waals surface area (Å²) < 4.78 is 0. The molecular formula is C26H44N4O6. The summed E-state index contributed by atoms with van der Waals surface area (Å²) in [5.74, 6) is -2.63. The Labute approximate surface area is 215 Å². The van der Waals surface area contributed by atoms with Gasteiger partial charge in [-0.05, 0) is 30.7 Å². The highest BCUT2D eigenvalue weighted by Gasteiger charge is 2.40. The Kier molecular flexibility index (Phi) is 10.4. The number of rotatable bonds is 9. The molecule has 0 spiro atoms. The number of carbonyl (C=O) groups is 5. The first-order chi connectivity index (χ1) is 16.3. The minimum Gasteiger partial charge on any atom is -0.342 e. The number of imide groups is 1. The highest BCUT2D eigenvalue weighted by molar-refractivity contribution is 6.02. The van der Waals surface area contributed by atoms with Crippen molar-refractivity contribution in [2.24, 2.45) is 16.7 Å². The smallest absolute Gasteiger partial charge is 0.342 e. The molecule has 0 aromatic heterocycles. The topological polar surface area (TPSA) is 125 Å². The Hall–Kier alpha value is -2.75. The zero-order valence-electron chi connectivity index (χ0n) is 23.6. The van der Waals surface area contributed by atoms with Crippen LogP contribution in [0.1, 0.15) is 75.2 Å². The third kappa shape index (κ3) is 7.88. The van der Waals surface area contributed by atoms with Crippen molar-refractivity contribution >= 4 is 29.6 Å². The molecule has 0 unspecified atom stereocenters. The average molecular weight is 509 g/mol. The van der Waals surface area contributed by atoms with E-state index in [0.29, 0.717) is 5.06 Å². The van der Waals surface area contributed by atoms with Crippen molar-refractivity contribution in [2.45, 2.75) is 93.3 Å². The van der Waals surface area contributed by atoms with Crippen LogP contribution in [0, 0.1) is 16.7 Å². The van der Waals surface area contributed by atoms with E-state index >= 15 is 0 Å². The molecule has 36 heavy (non-hydrogen) atoms. The maximum absolute atomic E-state index is 13.7. The van der Waals surface area contributed by atoms with Crippen molar-refractivity contribution in [2.75, 3.05) is 14.1 Å². The minimum atomic E-state index is -0.840. The monoisotopic (exact) mass is 508 g/mol. The fourth-order valence-electron chi connectivity index (χ4n) is 4.07. The third-order valence-electron chi connectivity index (χ3n) is 6.22. The molecule has 0 aromatic rings. The maximum atomic E-state index is 13.7. The zero-order chi connectivity index (χ0) is 28.2. The molecule has 1 fully saturated rings. The lowest BCUT2D eigenvalue weighted by atomic mass is 9.83. The maximum Gasteiger partial charge on any atom is 0.359 e. The molecule has 1 aliphatic heterocycles. The normalized spacial score (nSPS) is 17.7. The largest absolute Gasteiger partial charge is 0.359 e. The van der Waals surface area contributed by atoms with Crippen LogP contribution in [0.3, 0.4) is 0 Å². The Balaban J connectivity index is 3.18. The Morgan fingerprint density at radius 1 is 0.972 bits per heavy atom. The first-order valence-electron chi connectivity index (χ1n) is 12.3. The number of likely N-dealkylation sites (N-methyl/N-ethyl adjacent to an activating group) is 2. The molecule has 0 aliphatic carbocycles. The van der Waals surface area contributed by atoms with Crippen molar-refractivity contribution in [3.8, 4) is 0 Å². The van der Waals surface area contributed by atoms with Gasteiger partial charge in [0.05, 0.1) is 12.1 Å². The molecule has 2 N–H and O–H groups in total. The molecular weight excluding hydrogens is 464 g/mol. The van der Waals surface area contributed by atoms with E-state index in [1.807, 2.05) is 55.4 Å². The van der Waals surface area contributed by atoms with Gasteiger partial charge < -0.3 is 20.4 Å². The fourth-order valence-corrected chi connectivity index (χ4v) is 4.07. The molecule has 204 valence electrons. The number of hydrogen-bond donors (Lipinski definition) is 2. The SMILES string of the molecule is CN[C@H](C(=O)N[C@H](C(=O)N(C)[C@H](/C=C(\C)C(=O)ON1C(=O)CCC1=O)C(C)C)C(C)(C)C)C(C)(C)C. The molecule has 1 rings (SSSR count). The molecule has 10 heteroatoms. The lowest BCUT2D eigenvalue weighted by Gasteiger charge is -2.39. The predicted molar refractivity (Wildman–Crippen MR) is 136 cm³/mol. The van der Waals surface area contributed by atoms with Gasteiger partial charge in [-0.25, -0.2) is 4.79 Å². The van der Waals surface area contributed by atoms with Gasteiger partial charge in [0, 0.05) is 25.5 Å². The summed E-state index contributed by atoms with van der Waals surface area (Å²) in [5.41, 5.74) is -0.804. The van der Waals surface area contributed by atoms with E-state index in [0.717, 1.165) is 0 Å². The molecule has 0 aromatic carbocycles. The molecule has 0 saturated carbocycles. The second-order valence-corrected chi connectivity index (χ2v) is 11.9. The van der Waals surface area contributed by atoms with Gasteiger partial charge in [0.2, 0.25) is 11.8 Å². The van der Waals surface area contributed by atoms with Crippen LogP contribution >= 0.6 is 0 Å². The highest BCUT2D eigenvalue weighted by atomic mass is 16.7. The molecule has 1 heterocycles. The van der Waals surface area contributed by atoms with E-state index in [9.17, 15) is 24.0 Å². The van der Waals surface area contributed by atoms with Crippen LogP contribution in [0.15, 0.2) is 11.6 Å². The van der Waals surface area contributed by atoms with Crippen LogP contribution in [0.4, 0.5) is 0 Å². The van der Waals surface area contributed by atoms with Gasteiger partial charge >= 0.3 is 5.97 Å². The molecule has 3 atom stereocenters. The number of hydroxylamine groups is 2. The van der Waals surface area contributed by atoms with Crippen molar-refractivity contribution in [1.82, 2.24) is 20.6 Å². The predicted octanol–water partition coefficient (Wildman–Crippen LogP) is 2.19. The summed E-state index contributed by atoms with van der Waals surface area (Å²) in [6, 6.07) is -1.84. The van der Waals surface area contributed by atoms with Crippen LogP contribution in [0.25, 0.3) is 0 Å². The standard InChI is InChI=1S/C26H44N4O6/c1-15(2)17(14-16(3)24(35)36-30-18(31)12-13-19(30)32)29(11)23(34)21(26(7,8)9)28-22(33)20(27-10)25(4,5)6/h14-15,17,20-21,27H,12-13H2,1-11H3,(H,28,33)/b16-14+/t17-,20-,21-/m1/s1. The second kappa shape index (κ2) is 12.0. The van der Waals surface area contributed by atoms with E-state index in [1.54, 1.807) is 20.2 Å². The van der Waals surface area contributed by atoms with E-state index in [1.165, 1.54) is 11.8 Å². The minimum absolute atomic E-state index is 0.00423. The average Bonchev–Trinajstić information content (AvgIpc) is 3.05. The fraction of sp³-hybridized carbons (Fsp3) is 0.731. The van der Waals surface area contributed by atoms with Gasteiger partial charge in [0.25, 0.3) is 11.8 Å². The van der Waals surface area contributed by atoms with Gasteiger partial charge in [-0.1, -0.05) is 61.5 Å². The van der Waals surface area contributed by atoms with Gasteiger partial charge in [-0.3, -0.25) is 19.2 Å². The molecule has 4 amide bonds. The molecule has 10 nitrogen and oxygen atoms in total. The summed E-state index contributed by atoms with van der Waals surface area (Å²) in [5, 5.41) is 6.47. The van der Waals surface area contributed by atoms with Crippen molar-refractivity contribution < 1.29 is 28.8 Å². The summed E-state index contributed by atoms with van der Waals surface area (Å²) in [4.78, 5) is 69.5. The van der Waals surface area contributed by atoms with Crippen molar-refractivity contribution in [3.05, 3.63) is 11.6 Å². The summed E-state index contributed by atoms with van der Waals surface area (Å²) in [7, 11) is 3.33. The van der Waals surface area contributed by atoms with Crippen molar-refractivity contribution in [3.63, 3.8) is 0 Å². The number of hydrogen-bond acceptors (Lipinski definition) is 7. The first-order valence-corrected chi connectivity index (χ1v) is 12.3. The van der Waals surface area contributed by atoms with Crippen LogP contribution < -0.4 is 10.6 Å². The first kappa shape index (κ1) is 31.3. The van der Waals surface area contributed by atoms with E-state index in [4.69, 9.17) is 4.84 Å². The van der Waals surface area contributed by atoms with Crippen LogP contribution in [-0.2, 0) is 28.8 Å². The quantitative estimate of drug-likeness (QED) is 0.361. The second-order valence-electron chi connectivity index (χ2n) is 11.9. The van der Waals surface area contributed by atoms with Crippen molar-refractivity contribution in [1.29, 1.82) is 0 Å². The van der Waals surface area contributed by atoms with E-state index in [2.05, 4.69) is 10.6 Å². The van der Waals surface area contributed by atoms with Gasteiger partial charge in [-0.2, -0.15) is 0 Å². The number of amides is 4. The highest BCUT2D eigenvalue weighted by Crippen LogP contribution is 2.26. The molecule has 1 aliphatic rings. The van der Waals surface area contributed by atoms with E-state index in [-0.39, 0.29) is 41.6 Å². The van der Waals surface area contributed by atoms with Gasteiger partial charge in [-0.15, -0.1) is 5.06 Å². The van der Waals surface area contributed by atoms with Crippen LogP contribution in [-0.4, -0.2) is 71.8 Å². The van der Waals surface area contributed by atoms with Gasteiger partial charge in [0.1, 0.15) is 6.04 Å². The summed E-state index contributed by atoms with van der Waals surface area (Å²) in [6.07, 6.45) is 1.59. The Bertz CT molecular complexity index is 881. The lowest BCUT2D eigenvalue weighted by Crippen LogP contribution is -2.60. The summed E-state index contributed by atoms with van der Waals surface area (Å²) in [6.45, 7) is 16.8. The third-order valence-corrected chi connectivity index (χ3v) is 6.22. The van der Waals surface area contributed by atoms with Gasteiger partial charge in [0.15, 0.2) is 0 Å². The molecule has 0 radical (unpaired) electrons. The van der Waals surface area contributed by atoms with Crippen LogP contribution in [0.2, 0.25) is 0 Å². The van der Waals surface area contributed by atoms with Crippen LogP contribution in [0.5, 0.6) is 0 Å². The number of nitrogens with zero attached hydrogens (tertiary/aromatic N) is 2. The Morgan fingerprint density at radius 3 is 1.83 bits per heavy atom. The molecule has 1 saturated heterocycles. The zero-order valence-corrected chi connectivity index (χ0v) is 23.6. The molecule has 0 bridgehead atoms. The Morgan fingerprint density at radius 2 is 1.44 bits per heavy atom. The number of carbonyl (C=O) groups excluding carboxylic acids is 5. The van der Waals surface area contributed by atoms with E-state index < -0.39 is 41.3 Å².